The van der Waals surface area contributed by atoms with E-state index in [0.29, 0.717) is 10.8 Å². The number of carbonyl (C=O) groups excluding carboxylic acids is 1. The molecule has 0 unspecified atom stereocenters. The SMILES string of the molecule is O=C(CSc1ncco1)c1ccc(F)cc1. The second-order valence-electron chi connectivity index (χ2n) is 3.02. The summed E-state index contributed by atoms with van der Waals surface area (Å²) in [7, 11) is 0. The average Bonchev–Trinajstić information content (AvgIpc) is 2.80. The lowest BCUT2D eigenvalue weighted by atomic mass is 10.1. The molecule has 0 saturated carbocycles. The molecule has 0 fully saturated rings. The second-order valence-corrected chi connectivity index (χ2v) is 3.94. The maximum Gasteiger partial charge on any atom is 0.255 e. The molecule has 1 aromatic carbocycles. The van der Waals surface area contributed by atoms with E-state index in [4.69, 9.17) is 4.42 Å². The first-order valence-electron chi connectivity index (χ1n) is 4.57. The first kappa shape index (κ1) is 10.9. The Labute approximate surface area is 95.7 Å². The van der Waals surface area contributed by atoms with E-state index in [1.165, 1.54) is 48.5 Å². The van der Waals surface area contributed by atoms with Gasteiger partial charge < -0.3 is 4.42 Å². The van der Waals surface area contributed by atoms with E-state index >= 15 is 0 Å². The Kier molecular flexibility index (Phi) is 3.36. The summed E-state index contributed by atoms with van der Waals surface area (Å²) in [5, 5.41) is 0.454. The fourth-order valence-corrected chi connectivity index (χ4v) is 1.81. The van der Waals surface area contributed by atoms with Crippen molar-refractivity contribution in [3.05, 3.63) is 48.1 Å². The van der Waals surface area contributed by atoms with Crippen molar-refractivity contribution in [1.29, 1.82) is 0 Å². The summed E-state index contributed by atoms with van der Waals surface area (Å²) >= 11 is 1.21. The predicted molar refractivity (Wildman–Crippen MR) is 58.0 cm³/mol. The van der Waals surface area contributed by atoms with E-state index < -0.39 is 0 Å². The Balaban J connectivity index is 1.95. The first-order chi connectivity index (χ1) is 7.75. The van der Waals surface area contributed by atoms with E-state index in [0.717, 1.165) is 0 Å². The van der Waals surface area contributed by atoms with Crippen molar-refractivity contribution in [2.45, 2.75) is 5.22 Å². The molecule has 0 radical (unpaired) electrons. The molecule has 1 heterocycles. The van der Waals surface area contributed by atoms with Crippen LogP contribution in [0.25, 0.3) is 0 Å². The number of Topliss-reactive ketones (excluding diaryl/α,β-unsaturated/α-hetero) is 1. The number of hydrogen-bond acceptors (Lipinski definition) is 4. The van der Waals surface area contributed by atoms with Crippen LogP contribution >= 0.6 is 11.8 Å². The second kappa shape index (κ2) is 4.94. The number of thioether (sulfide) groups is 1. The maximum atomic E-state index is 12.6. The minimum atomic E-state index is -0.350. The number of carbonyl (C=O) groups is 1. The largest absolute Gasteiger partial charge is 0.440 e. The maximum absolute atomic E-state index is 12.6. The molecular formula is C11H8FNO2S. The summed E-state index contributed by atoms with van der Waals surface area (Å²) in [6, 6.07) is 5.47. The number of oxazole rings is 1. The fraction of sp³-hybridized carbons (Fsp3) is 0.0909. The van der Waals surface area contributed by atoms with Crippen molar-refractivity contribution in [2.24, 2.45) is 0 Å². The van der Waals surface area contributed by atoms with Gasteiger partial charge in [-0.15, -0.1) is 0 Å². The molecule has 2 aromatic rings. The summed E-state index contributed by atoms with van der Waals surface area (Å²) in [4.78, 5) is 15.5. The van der Waals surface area contributed by atoms with E-state index in [2.05, 4.69) is 4.98 Å². The summed E-state index contributed by atoms with van der Waals surface area (Å²) in [6.07, 6.45) is 2.97. The molecule has 0 bridgehead atoms. The van der Waals surface area contributed by atoms with Crippen LogP contribution in [-0.2, 0) is 0 Å². The third-order valence-electron chi connectivity index (χ3n) is 1.90. The van der Waals surface area contributed by atoms with Gasteiger partial charge in [-0.05, 0) is 24.3 Å². The van der Waals surface area contributed by atoms with Gasteiger partial charge in [-0.3, -0.25) is 4.79 Å². The van der Waals surface area contributed by atoms with E-state index in [1.807, 2.05) is 0 Å². The van der Waals surface area contributed by atoms with Gasteiger partial charge in [-0.1, -0.05) is 11.8 Å². The number of ketones is 1. The van der Waals surface area contributed by atoms with Crippen molar-refractivity contribution in [3.8, 4) is 0 Å². The molecule has 5 heteroatoms. The van der Waals surface area contributed by atoms with Crippen molar-refractivity contribution in [3.63, 3.8) is 0 Å². The van der Waals surface area contributed by atoms with Gasteiger partial charge in [0.1, 0.15) is 12.1 Å². The Morgan fingerprint density at radius 1 is 1.38 bits per heavy atom. The van der Waals surface area contributed by atoms with Crippen LogP contribution < -0.4 is 0 Å². The van der Waals surface area contributed by atoms with Crippen molar-refractivity contribution >= 4 is 17.5 Å². The van der Waals surface area contributed by atoms with Crippen LogP contribution in [0.4, 0.5) is 4.39 Å². The molecule has 0 aliphatic heterocycles. The lowest BCUT2D eigenvalue weighted by Crippen LogP contribution is -2.02. The molecule has 82 valence electrons. The van der Waals surface area contributed by atoms with E-state index in [9.17, 15) is 9.18 Å². The van der Waals surface area contributed by atoms with Crippen molar-refractivity contribution in [1.82, 2.24) is 4.98 Å². The molecule has 0 saturated heterocycles. The lowest BCUT2D eigenvalue weighted by Gasteiger charge is -1.98. The smallest absolute Gasteiger partial charge is 0.255 e. The highest BCUT2D eigenvalue weighted by Gasteiger charge is 2.08. The van der Waals surface area contributed by atoms with Gasteiger partial charge in [0, 0.05) is 5.56 Å². The standard InChI is InChI=1S/C11H8FNO2S/c12-9-3-1-8(2-4-9)10(14)7-16-11-13-5-6-15-11/h1-6H,7H2. The normalized spacial score (nSPS) is 10.3. The lowest BCUT2D eigenvalue weighted by molar-refractivity contribution is 0.102. The summed E-state index contributed by atoms with van der Waals surface area (Å²) in [5.74, 6) is -0.202. The zero-order chi connectivity index (χ0) is 11.4. The van der Waals surface area contributed by atoms with Crippen LogP contribution in [0.1, 0.15) is 10.4 Å². The van der Waals surface area contributed by atoms with Crippen LogP contribution in [0.2, 0.25) is 0 Å². The van der Waals surface area contributed by atoms with Crippen molar-refractivity contribution < 1.29 is 13.6 Å². The molecule has 0 aliphatic rings. The summed E-state index contributed by atoms with van der Waals surface area (Å²) in [6.45, 7) is 0. The van der Waals surface area contributed by atoms with Crippen LogP contribution in [-0.4, -0.2) is 16.5 Å². The zero-order valence-corrected chi connectivity index (χ0v) is 9.04. The average molecular weight is 237 g/mol. The van der Waals surface area contributed by atoms with Gasteiger partial charge >= 0.3 is 0 Å². The number of rotatable bonds is 4. The summed E-state index contributed by atoms with van der Waals surface area (Å²) < 4.78 is 17.6. The van der Waals surface area contributed by atoms with E-state index in [1.54, 1.807) is 0 Å². The topological polar surface area (TPSA) is 43.1 Å². The van der Waals surface area contributed by atoms with Crippen LogP contribution in [0.3, 0.4) is 0 Å². The minimum absolute atomic E-state index is 0.0804. The highest BCUT2D eigenvalue weighted by Crippen LogP contribution is 2.16. The Bertz CT molecular complexity index is 467. The number of benzene rings is 1. The molecule has 16 heavy (non-hydrogen) atoms. The first-order valence-corrected chi connectivity index (χ1v) is 5.55. The number of halogens is 1. The fourth-order valence-electron chi connectivity index (χ4n) is 1.13. The Morgan fingerprint density at radius 3 is 2.75 bits per heavy atom. The molecule has 1 aromatic heterocycles. The molecule has 0 atom stereocenters. The molecular weight excluding hydrogens is 229 g/mol. The zero-order valence-electron chi connectivity index (χ0n) is 8.22. The van der Waals surface area contributed by atoms with Gasteiger partial charge in [0.2, 0.25) is 0 Å². The molecule has 0 spiro atoms. The molecule has 0 N–H and O–H groups in total. The van der Waals surface area contributed by atoms with Crippen LogP contribution in [0.15, 0.2) is 46.4 Å². The third-order valence-corrected chi connectivity index (χ3v) is 2.76. The van der Waals surface area contributed by atoms with Gasteiger partial charge in [-0.2, -0.15) is 0 Å². The third kappa shape index (κ3) is 2.70. The van der Waals surface area contributed by atoms with Crippen LogP contribution in [0, 0.1) is 5.82 Å². The Morgan fingerprint density at radius 2 is 2.12 bits per heavy atom. The van der Waals surface area contributed by atoms with Gasteiger partial charge in [0.15, 0.2) is 5.78 Å². The molecule has 0 aliphatic carbocycles. The quantitative estimate of drug-likeness (QED) is 0.605. The Hall–Kier alpha value is -1.62. The number of aromatic nitrogens is 1. The van der Waals surface area contributed by atoms with Crippen LogP contribution in [0.5, 0.6) is 0 Å². The predicted octanol–water partition coefficient (Wildman–Crippen LogP) is 2.79. The summed E-state index contributed by atoms with van der Waals surface area (Å²) in [5.41, 5.74) is 0.487. The molecule has 3 nitrogen and oxygen atoms in total. The van der Waals surface area contributed by atoms with Gasteiger partial charge in [0.25, 0.3) is 5.22 Å². The van der Waals surface area contributed by atoms with Gasteiger partial charge in [0.05, 0.1) is 11.9 Å². The highest BCUT2D eigenvalue weighted by atomic mass is 32.2. The van der Waals surface area contributed by atoms with E-state index in [-0.39, 0.29) is 17.4 Å². The molecule has 0 amide bonds. The number of hydrogen-bond donors (Lipinski definition) is 0. The van der Waals surface area contributed by atoms with Crippen molar-refractivity contribution in [2.75, 3.05) is 5.75 Å². The monoisotopic (exact) mass is 237 g/mol. The van der Waals surface area contributed by atoms with Gasteiger partial charge in [-0.25, -0.2) is 9.37 Å². The minimum Gasteiger partial charge on any atom is -0.440 e. The molecule has 2 rings (SSSR count). The number of nitrogens with zero attached hydrogens (tertiary/aromatic N) is 1. The highest BCUT2D eigenvalue weighted by molar-refractivity contribution is 7.99.